The van der Waals surface area contributed by atoms with Crippen LogP contribution in [0, 0.1) is 6.92 Å². The SMILES string of the molecule is Cc1cccc(CNS(=O)(=O)C2CON(C)C2c2ccc(OCc3ccccc3)cc2)c1. The van der Waals surface area contributed by atoms with Gasteiger partial charge in [0, 0.05) is 13.6 Å². The van der Waals surface area contributed by atoms with Crippen molar-refractivity contribution in [1.29, 1.82) is 0 Å². The molecule has 6 nitrogen and oxygen atoms in total. The van der Waals surface area contributed by atoms with E-state index in [1.54, 1.807) is 12.1 Å². The predicted octanol–water partition coefficient (Wildman–Crippen LogP) is 3.98. The van der Waals surface area contributed by atoms with Crippen LogP contribution in [-0.4, -0.2) is 32.4 Å². The topological polar surface area (TPSA) is 67.9 Å². The second kappa shape index (κ2) is 9.83. The van der Waals surface area contributed by atoms with E-state index >= 15 is 0 Å². The zero-order valence-corrected chi connectivity index (χ0v) is 19.1. The highest BCUT2D eigenvalue weighted by Crippen LogP contribution is 2.34. The number of nitrogens with zero attached hydrogens (tertiary/aromatic N) is 1. The van der Waals surface area contributed by atoms with Crippen molar-refractivity contribution < 1.29 is 18.0 Å². The van der Waals surface area contributed by atoms with E-state index in [4.69, 9.17) is 9.57 Å². The molecular formula is C25H28N2O4S. The molecule has 3 aromatic carbocycles. The van der Waals surface area contributed by atoms with Crippen molar-refractivity contribution in [3.63, 3.8) is 0 Å². The Kier molecular flexibility index (Phi) is 6.91. The van der Waals surface area contributed by atoms with Crippen LogP contribution >= 0.6 is 0 Å². The largest absolute Gasteiger partial charge is 0.489 e. The first-order valence-corrected chi connectivity index (χ1v) is 12.1. The molecule has 0 bridgehead atoms. The van der Waals surface area contributed by atoms with Gasteiger partial charge in [-0.1, -0.05) is 72.3 Å². The highest BCUT2D eigenvalue weighted by molar-refractivity contribution is 7.90. The van der Waals surface area contributed by atoms with E-state index < -0.39 is 21.3 Å². The molecule has 32 heavy (non-hydrogen) atoms. The van der Waals surface area contributed by atoms with Crippen molar-refractivity contribution in [3.8, 4) is 5.75 Å². The Balaban J connectivity index is 1.44. The maximum atomic E-state index is 13.1. The zero-order chi connectivity index (χ0) is 22.6. The molecule has 1 heterocycles. The van der Waals surface area contributed by atoms with Gasteiger partial charge in [-0.05, 0) is 35.7 Å². The Bertz CT molecular complexity index is 1130. The molecule has 2 atom stereocenters. The molecule has 3 aromatic rings. The van der Waals surface area contributed by atoms with Crippen molar-refractivity contribution in [3.05, 3.63) is 101 Å². The molecule has 1 saturated heterocycles. The number of nitrogens with one attached hydrogen (secondary N) is 1. The van der Waals surface area contributed by atoms with Crippen molar-refractivity contribution in [2.75, 3.05) is 13.7 Å². The van der Waals surface area contributed by atoms with Gasteiger partial charge in [-0.2, -0.15) is 5.06 Å². The minimum absolute atomic E-state index is 0.108. The number of hydrogen-bond donors (Lipinski definition) is 1. The second-order valence-corrected chi connectivity index (χ2v) is 10.0. The van der Waals surface area contributed by atoms with Crippen molar-refractivity contribution in [2.45, 2.75) is 31.4 Å². The van der Waals surface area contributed by atoms with E-state index in [1.165, 1.54) is 0 Å². The fourth-order valence-corrected chi connectivity index (χ4v) is 5.39. The number of hydroxylamine groups is 2. The molecule has 0 spiro atoms. The van der Waals surface area contributed by atoms with Crippen LogP contribution < -0.4 is 9.46 Å². The summed E-state index contributed by atoms with van der Waals surface area (Å²) in [5.41, 5.74) is 3.98. The van der Waals surface area contributed by atoms with Gasteiger partial charge >= 0.3 is 0 Å². The molecule has 1 aliphatic rings. The van der Waals surface area contributed by atoms with Gasteiger partial charge in [0.2, 0.25) is 10.0 Å². The molecule has 0 saturated carbocycles. The fraction of sp³-hybridized carbons (Fsp3) is 0.280. The molecule has 7 heteroatoms. The Labute approximate surface area is 189 Å². The van der Waals surface area contributed by atoms with E-state index in [0.717, 1.165) is 28.0 Å². The smallest absolute Gasteiger partial charge is 0.219 e. The van der Waals surface area contributed by atoms with Gasteiger partial charge in [-0.25, -0.2) is 13.1 Å². The van der Waals surface area contributed by atoms with Crippen LogP contribution in [0.3, 0.4) is 0 Å². The summed E-state index contributed by atoms with van der Waals surface area (Å²) in [5.74, 6) is 0.733. The van der Waals surface area contributed by atoms with Crippen molar-refractivity contribution >= 4 is 10.0 Å². The summed E-state index contributed by atoms with van der Waals surface area (Å²) in [5, 5.41) is 0.907. The number of benzene rings is 3. The lowest BCUT2D eigenvalue weighted by atomic mass is 10.0. The summed E-state index contributed by atoms with van der Waals surface area (Å²) in [6.45, 7) is 2.83. The van der Waals surface area contributed by atoms with Gasteiger partial charge in [0.25, 0.3) is 0 Å². The summed E-state index contributed by atoms with van der Waals surface area (Å²) in [6, 6.07) is 24.9. The van der Waals surface area contributed by atoms with E-state index in [2.05, 4.69) is 4.72 Å². The third-order valence-electron chi connectivity index (χ3n) is 5.61. The van der Waals surface area contributed by atoms with E-state index in [1.807, 2.05) is 85.8 Å². The van der Waals surface area contributed by atoms with Crippen LogP contribution in [0.25, 0.3) is 0 Å². The first-order valence-electron chi connectivity index (χ1n) is 10.6. The van der Waals surface area contributed by atoms with Crippen LogP contribution in [0.4, 0.5) is 0 Å². The van der Waals surface area contributed by atoms with Gasteiger partial charge in [0.1, 0.15) is 17.6 Å². The molecule has 4 rings (SSSR count). The monoisotopic (exact) mass is 452 g/mol. The van der Waals surface area contributed by atoms with Gasteiger partial charge in [0.05, 0.1) is 12.6 Å². The van der Waals surface area contributed by atoms with Crippen LogP contribution in [-0.2, 0) is 28.0 Å². The summed E-state index contributed by atoms with van der Waals surface area (Å²) in [4.78, 5) is 5.61. The molecule has 0 aromatic heterocycles. The summed E-state index contributed by atoms with van der Waals surface area (Å²) in [7, 11) is -1.84. The van der Waals surface area contributed by atoms with E-state index in [-0.39, 0.29) is 13.2 Å². The third kappa shape index (κ3) is 5.37. The molecule has 1 N–H and O–H groups in total. The molecule has 0 radical (unpaired) electrons. The van der Waals surface area contributed by atoms with Gasteiger partial charge < -0.3 is 4.74 Å². The number of ether oxygens (including phenoxy) is 1. The Morgan fingerprint density at radius 1 is 1.00 bits per heavy atom. The van der Waals surface area contributed by atoms with Crippen LogP contribution in [0.5, 0.6) is 5.75 Å². The number of hydrogen-bond acceptors (Lipinski definition) is 5. The third-order valence-corrected chi connectivity index (χ3v) is 7.35. The van der Waals surface area contributed by atoms with Gasteiger partial charge in [-0.15, -0.1) is 0 Å². The predicted molar refractivity (Wildman–Crippen MR) is 124 cm³/mol. The van der Waals surface area contributed by atoms with Crippen LogP contribution in [0.1, 0.15) is 28.3 Å². The lowest BCUT2D eigenvalue weighted by molar-refractivity contribution is -0.110. The molecule has 168 valence electrons. The van der Waals surface area contributed by atoms with Crippen molar-refractivity contribution in [1.82, 2.24) is 9.79 Å². The standard InChI is InChI=1S/C25H28N2O4S/c1-19-7-6-10-21(15-19)16-26-32(28,29)24-18-31-27(2)25(24)22-11-13-23(14-12-22)30-17-20-8-4-3-5-9-20/h3-15,24-26H,16-18H2,1-2H3. The number of aryl methyl sites for hydroxylation is 1. The molecule has 2 unspecified atom stereocenters. The molecule has 1 aliphatic heterocycles. The highest BCUT2D eigenvalue weighted by Gasteiger charge is 2.43. The van der Waals surface area contributed by atoms with E-state index in [9.17, 15) is 8.42 Å². The molecule has 0 amide bonds. The quantitative estimate of drug-likeness (QED) is 0.560. The maximum absolute atomic E-state index is 13.1. The van der Waals surface area contributed by atoms with Crippen LogP contribution in [0.2, 0.25) is 0 Å². The summed E-state index contributed by atoms with van der Waals surface area (Å²) >= 11 is 0. The Hall–Kier alpha value is -2.71. The molecule has 1 fully saturated rings. The Morgan fingerprint density at radius 2 is 1.72 bits per heavy atom. The highest BCUT2D eigenvalue weighted by atomic mass is 32.2. The first-order chi connectivity index (χ1) is 15.4. The average Bonchev–Trinajstić information content (AvgIpc) is 3.20. The minimum Gasteiger partial charge on any atom is -0.489 e. The average molecular weight is 453 g/mol. The van der Waals surface area contributed by atoms with Gasteiger partial charge in [0.15, 0.2) is 0 Å². The molecule has 0 aliphatic carbocycles. The number of rotatable bonds is 8. The zero-order valence-electron chi connectivity index (χ0n) is 18.3. The van der Waals surface area contributed by atoms with Crippen LogP contribution in [0.15, 0.2) is 78.9 Å². The fourth-order valence-electron chi connectivity index (χ4n) is 3.90. The minimum atomic E-state index is -3.61. The molecular weight excluding hydrogens is 424 g/mol. The van der Waals surface area contributed by atoms with E-state index in [0.29, 0.717) is 6.61 Å². The summed E-state index contributed by atoms with van der Waals surface area (Å²) in [6.07, 6.45) is 0. The maximum Gasteiger partial charge on any atom is 0.219 e. The number of sulfonamides is 1. The first kappa shape index (κ1) is 22.5. The normalized spacial score (nSPS) is 19.2. The Morgan fingerprint density at radius 3 is 2.44 bits per heavy atom. The lowest BCUT2D eigenvalue weighted by Gasteiger charge is -2.23. The lowest BCUT2D eigenvalue weighted by Crippen LogP contribution is -2.39. The van der Waals surface area contributed by atoms with Crippen molar-refractivity contribution in [2.24, 2.45) is 0 Å². The van der Waals surface area contributed by atoms with Gasteiger partial charge in [-0.3, -0.25) is 4.84 Å². The summed E-state index contributed by atoms with van der Waals surface area (Å²) < 4.78 is 34.8. The second-order valence-electron chi connectivity index (χ2n) is 8.02.